The summed E-state index contributed by atoms with van der Waals surface area (Å²) >= 11 is 1.27. The van der Waals surface area contributed by atoms with E-state index in [1.807, 2.05) is 13.0 Å². The average molecular weight is 350 g/mol. The molecule has 2 rings (SSSR count). The van der Waals surface area contributed by atoms with E-state index in [1.165, 1.54) is 11.3 Å². The number of ether oxygens (including phenoxy) is 1. The van der Waals surface area contributed by atoms with Crippen LogP contribution in [0.15, 0.2) is 40.6 Å². The summed E-state index contributed by atoms with van der Waals surface area (Å²) in [5.74, 6) is 0.573. The molecule has 0 spiro atoms. The Labute approximate surface area is 140 Å². The second kappa shape index (κ2) is 7.99. The van der Waals surface area contributed by atoms with Crippen LogP contribution in [-0.2, 0) is 16.4 Å². The molecule has 0 aliphatic heterocycles. The topological polar surface area (TPSA) is 79.2 Å². The van der Waals surface area contributed by atoms with E-state index >= 15 is 0 Å². The van der Waals surface area contributed by atoms with Crippen LogP contribution in [0.4, 0.5) is 5.69 Å². The molecule has 23 heavy (non-hydrogen) atoms. The van der Waals surface area contributed by atoms with Crippen molar-refractivity contribution in [3.05, 3.63) is 41.3 Å². The van der Waals surface area contributed by atoms with Gasteiger partial charge in [-0.25, -0.2) is 8.42 Å². The van der Waals surface area contributed by atoms with Crippen LogP contribution in [0.3, 0.4) is 0 Å². The summed E-state index contributed by atoms with van der Waals surface area (Å²) in [7, 11) is -3.58. The lowest BCUT2D eigenvalue weighted by atomic mass is 10.3. The SMILES string of the molecule is CCc1ccc(S(=O)(=O)Nc2cccc(OCCCC#N)c2)s1. The van der Waals surface area contributed by atoms with Crippen LogP contribution in [0.25, 0.3) is 0 Å². The molecule has 1 heterocycles. The van der Waals surface area contributed by atoms with Gasteiger partial charge in [0.05, 0.1) is 18.4 Å². The zero-order chi connectivity index (χ0) is 16.7. The lowest BCUT2D eigenvalue weighted by molar-refractivity contribution is 0.313. The Morgan fingerprint density at radius 2 is 2.13 bits per heavy atom. The summed E-state index contributed by atoms with van der Waals surface area (Å²) in [5, 5.41) is 8.48. The minimum absolute atomic E-state index is 0.301. The molecule has 0 saturated carbocycles. The first-order valence-electron chi connectivity index (χ1n) is 7.26. The molecular formula is C16H18N2O3S2. The third-order valence-electron chi connectivity index (χ3n) is 3.04. The highest BCUT2D eigenvalue weighted by atomic mass is 32.2. The van der Waals surface area contributed by atoms with Crippen molar-refractivity contribution < 1.29 is 13.2 Å². The Hall–Kier alpha value is -2.04. The predicted octanol–water partition coefficient (Wildman–Crippen LogP) is 3.79. The standard InChI is InChI=1S/C16H18N2O3S2/c1-2-15-8-9-16(22-15)23(19,20)18-13-6-5-7-14(12-13)21-11-4-3-10-17/h5-9,12,18H,2-4,11H2,1H3. The summed E-state index contributed by atoms with van der Waals surface area (Å²) in [4.78, 5) is 1.03. The minimum Gasteiger partial charge on any atom is -0.493 e. The molecule has 0 amide bonds. The highest BCUT2D eigenvalue weighted by Crippen LogP contribution is 2.25. The van der Waals surface area contributed by atoms with Gasteiger partial charge in [-0.2, -0.15) is 5.26 Å². The second-order valence-electron chi connectivity index (χ2n) is 4.82. The summed E-state index contributed by atoms with van der Waals surface area (Å²) in [6, 6.07) is 12.3. The zero-order valence-electron chi connectivity index (χ0n) is 12.8. The van der Waals surface area contributed by atoms with Gasteiger partial charge >= 0.3 is 0 Å². The van der Waals surface area contributed by atoms with Crippen LogP contribution >= 0.6 is 11.3 Å². The van der Waals surface area contributed by atoms with Gasteiger partial charge in [0, 0.05) is 17.4 Å². The largest absolute Gasteiger partial charge is 0.493 e. The van der Waals surface area contributed by atoms with Gasteiger partial charge in [0.25, 0.3) is 10.0 Å². The Kier molecular flexibility index (Phi) is 6.02. The molecule has 2 aromatic rings. The quantitative estimate of drug-likeness (QED) is 0.735. The second-order valence-corrected chi connectivity index (χ2v) is 7.90. The van der Waals surface area contributed by atoms with Gasteiger partial charge in [-0.05, 0) is 37.1 Å². The Balaban J connectivity index is 2.06. The number of thiophene rings is 1. The number of hydrogen-bond donors (Lipinski definition) is 1. The number of rotatable bonds is 8. The maximum absolute atomic E-state index is 12.4. The molecule has 0 bridgehead atoms. The first kappa shape index (κ1) is 17.3. The van der Waals surface area contributed by atoms with Gasteiger partial charge in [0.15, 0.2) is 0 Å². The molecule has 0 aliphatic carbocycles. The molecule has 0 radical (unpaired) electrons. The maximum atomic E-state index is 12.4. The first-order chi connectivity index (χ1) is 11.0. The zero-order valence-corrected chi connectivity index (χ0v) is 14.4. The van der Waals surface area contributed by atoms with Gasteiger partial charge in [-0.3, -0.25) is 4.72 Å². The van der Waals surface area contributed by atoms with Crippen molar-refractivity contribution in [1.82, 2.24) is 0 Å². The molecule has 5 nitrogen and oxygen atoms in total. The lowest BCUT2D eigenvalue weighted by Gasteiger charge is -2.09. The van der Waals surface area contributed by atoms with Crippen molar-refractivity contribution in [3.8, 4) is 11.8 Å². The molecule has 0 atom stereocenters. The van der Waals surface area contributed by atoms with E-state index in [4.69, 9.17) is 10.00 Å². The molecule has 122 valence electrons. The molecule has 7 heteroatoms. The van der Waals surface area contributed by atoms with Gasteiger partial charge in [-0.1, -0.05) is 13.0 Å². The van der Waals surface area contributed by atoms with Crippen molar-refractivity contribution in [1.29, 1.82) is 5.26 Å². The van der Waals surface area contributed by atoms with Crippen molar-refractivity contribution in [2.24, 2.45) is 0 Å². The highest BCUT2D eigenvalue weighted by Gasteiger charge is 2.16. The number of sulfonamides is 1. The van der Waals surface area contributed by atoms with E-state index < -0.39 is 10.0 Å². The number of aryl methyl sites for hydroxylation is 1. The Bertz CT molecular complexity index is 792. The van der Waals surface area contributed by atoms with Crippen LogP contribution in [0.1, 0.15) is 24.6 Å². The average Bonchev–Trinajstić information content (AvgIpc) is 3.02. The summed E-state index contributed by atoms with van der Waals surface area (Å²) in [6.45, 7) is 2.41. The van der Waals surface area contributed by atoms with E-state index in [-0.39, 0.29) is 0 Å². The number of nitriles is 1. The van der Waals surface area contributed by atoms with Crippen LogP contribution in [-0.4, -0.2) is 15.0 Å². The predicted molar refractivity (Wildman–Crippen MR) is 91.3 cm³/mol. The number of nitrogens with one attached hydrogen (secondary N) is 1. The molecule has 0 saturated heterocycles. The summed E-state index contributed by atoms with van der Waals surface area (Å²) in [6.07, 6.45) is 1.89. The number of nitrogens with zero attached hydrogens (tertiary/aromatic N) is 1. The third-order valence-corrected chi connectivity index (χ3v) is 6.14. The van der Waals surface area contributed by atoms with Crippen molar-refractivity contribution in [2.75, 3.05) is 11.3 Å². The highest BCUT2D eigenvalue weighted by molar-refractivity contribution is 7.94. The molecule has 0 fully saturated rings. The molecule has 1 aromatic heterocycles. The lowest BCUT2D eigenvalue weighted by Crippen LogP contribution is -2.11. The molecule has 1 aromatic carbocycles. The fourth-order valence-corrected chi connectivity index (χ4v) is 4.23. The van der Waals surface area contributed by atoms with E-state index in [0.717, 1.165) is 11.3 Å². The summed E-state index contributed by atoms with van der Waals surface area (Å²) in [5.41, 5.74) is 0.453. The van der Waals surface area contributed by atoms with Gasteiger partial charge in [0.1, 0.15) is 9.96 Å². The van der Waals surface area contributed by atoms with E-state index in [9.17, 15) is 8.42 Å². The Morgan fingerprint density at radius 3 is 2.83 bits per heavy atom. The van der Waals surface area contributed by atoms with Gasteiger partial charge in [0.2, 0.25) is 0 Å². The monoisotopic (exact) mass is 350 g/mol. The van der Waals surface area contributed by atoms with E-state index in [0.29, 0.717) is 35.1 Å². The molecule has 0 aliphatic rings. The van der Waals surface area contributed by atoms with Gasteiger partial charge in [-0.15, -0.1) is 11.3 Å². The van der Waals surface area contributed by atoms with Crippen LogP contribution in [0, 0.1) is 11.3 Å². The smallest absolute Gasteiger partial charge is 0.271 e. The third kappa shape index (κ3) is 4.98. The molecular weight excluding hydrogens is 332 g/mol. The Morgan fingerprint density at radius 1 is 1.30 bits per heavy atom. The first-order valence-corrected chi connectivity index (χ1v) is 9.56. The number of anilines is 1. The van der Waals surface area contributed by atoms with Crippen molar-refractivity contribution >= 4 is 27.0 Å². The van der Waals surface area contributed by atoms with E-state index in [1.54, 1.807) is 30.3 Å². The molecule has 0 unspecified atom stereocenters. The maximum Gasteiger partial charge on any atom is 0.271 e. The number of hydrogen-bond acceptors (Lipinski definition) is 5. The van der Waals surface area contributed by atoms with Crippen LogP contribution < -0.4 is 9.46 Å². The van der Waals surface area contributed by atoms with E-state index in [2.05, 4.69) is 10.8 Å². The minimum atomic E-state index is -3.58. The van der Waals surface area contributed by atoms with Crippen molar-refractivity contribution in [2.45, 2.75) is 30.4 Å². The van der Waals surface area contributed by atoms with Crippen LogP contribution in [0.2, 0.25) is 0 Å². The summed E-state index contributed by atoms with van der Waals surface area (Å²) < 4.78 is 33.1. The fraction of sp³-hybridized carbons (Fsp3) is 0.312. The van der Waals surface area contributed by atoms with Gasteiger partial charge < -0.3 is 4.74 Å². The normalized spacial score (nSPS) is 11.0. The van der Waals surface area contributed by atoms with Crippen LogP contribution in [0.5, 0.6) is 5.75 Å². The number of unbranched alkanes of at least 4 members (excludes halogenated alkanes) is 1. The fourth-order valence-electron chi connectivity index (χ4n) is 1.89. The molecule has 1 N–H and O–H groups in total. The van der Waals surface area contributed by atoms with Crippen molar-refractivity contribution in [3.63, 3.8) is 0 Å². The number of benzene rings is 1.